The van der Waals surface area contributed by atoms with Gasteiger partial charge in [0, 0.05) is 12.6 Å². The van der Waals surface area contributed by atoms with Crippen LogP contribution in [0, 0.1) is 5.92 Å². The van der Waals surface area contributed by atoms with Gasteiger partial charge in [-0.1, -0.05) is 19.8 Å². The minimum Gasteiger partial charge on any atom is -0.377 e. The topological polar surface area (TPSA) is 21.3 Å². The Bertz CT molecular complexity index is 162. The van der Waals surface area contributed by atoms with Gasteiger partial charge < -0.3 is 10.1 Å². The van der Waals surface area contributed by atoms with Gasteiger partial charge in [-0.25, -0.2) is 0 Å². The minimum absolute atomic E-state index is 0.504. The lowest BCUT2D eigenvalue weighted by Gasteiger charge is -2.31. The number of likely N-dealkylation sites (N-methyl/N-ethyl adjacent to an activating group) is 1. The van der Waals surface area contributed by atoms with Crippen molar-refractivity contribution in [2.24, 2.45) is 5.92 Å². The van der Waals surface area contributed by atoms with Gasteiger partial charge in [-0.05, 0) is 38.1 Å². The zero-order valence-corrected chi connectivity index (χ0v) is 9.30. The molecule has 82 valence electrons. The first-order valence-electron chi connectivity index (χ1n) is 6.25. The second-order valence-electron chi connectivity index (χ2n) is 4.75. The Morgan fingerprint density at radius 3 is 2.71 bits per heavy atom. The summed E-state index contributed by atoms with van der Waals surface area (Å²) in [5.74, 6) is 1.00. The molecular formula is C12H23NO. The largest absolute Gasteiger partial charge is 0.377 e. The Kier molecular flexibility index (Phi) is 3.82. The van der Waals surface area contributed by atoms with Gasteiger partial charge in [-0.2, -0.15) is 0 Å². The van der Waals surface area contributed by atoms with Crippen molar-refractivity contribution in [3.8, 4) is 0 Å². The average Bonchev–Trinajstić information content (AvgIpc) is 3.03. The van der Waals surface area contributed by atoms with Crippen LogP contribution in [0.4, 0.5) is 0 Å². The molecule has 0 radical (unpaired) electrons. The van der Waals surface area contributed by atoms with Crippen LogP contribution in [0.15, 0.2) is 0 Å². The first kappa shape index (κ1) is 10.4. The van der Waals surface area contributed by atoms with E-state index in [0.29, 0.717) is 12.1 Å². The van der Waals surface area contributed by atoms with E-state index in [4.69, 9.17) is 4.74 Å². The van der Waals surface area contributed by atoms with E-state index in [0.717, 1.165) is 19.1 Å². The van der Waals surface area contributed by atoms with E-state index in [1.165, 1.54) is 38.5 Å². The Labute approximate surface area is 87.4 Å². The smallest absolute Gasteiger partial charge is 0.0728 e. The Hall–Kier alpha value is -0.0800. The average molecular weight is 197 g/mol. The summed E-state index contributed by atoms with van der Waals surface area (Å²) in [5, 5.41) is 3.60. The molecule has 2 aliphatic rings. The van der Waals surface area contributed by atoms with E-state index in [-0.39, 0.29) is 0 Å². The first-order chi connectivity index (χ1) is 6.90. The van der Waals surface area contributed by atoms with Gasteiger partial charge in [0.1, 0.15) is 0 Å². The third kappa shape index (κ3) is 2.96. The van der Waals surface area contributed by atoms with Crippen molar-refractivity contribution in [2.45, 2.75) is 57.6 Å². The SMILES string of the molecule is CCNC(CC1CC1)C1CCCCO1. The van der Waals surface area contributed by atoms with Gasteiger partial charge in [0.2, 0.25) is 0 Å². The fourth-order valence-electron chi connectivity index (χ4n) is 2.42. The van der Waals surface area contributed by atoms with Crippen molar-refractivity contribution in [2.75, 3.05) is 13.2 Å². The summed E-state index contributed by atoms with van der Waals surface area (Å²) in [6.07, 6.45) is 8.64. The molecule has 2 unspecified atom stereocenters. The van der Waals surface area contributed by atoms with Gasteiger partial charge in [-0.15, -0.1) is 0 Å². The second kappa shape index (κ2) is 5.13. The van der Waals surface area contributed by atoms with Crippen LogP contribution in [-0.2, 0) is 4.74 Å². The summed E-state index contributed by atoms with van der Waals surface area (Å²) in [7, 11) is 0. The normalized spacial score (nSPS) is 30.2. The van der Waals surface area contributed by atoms with Crippen molar-refractivity contribution in [1.82, 2.24) is 5.32 Å². The van der Waals surface area contributed by atoms with Gasteiger partial charge in [-0.3, -0.25) is 0 Å². The fraction of sp³-hybridized carbons (Fsp3) is 1.00. The molecule has 2 fully saturated rings. The van der Waals surface area contributed by atoms with E-state index in [2.05, 4.69) is 12.2 Å². The van der Waals surface area contributed by atoms with Crippen LogP contribution in [0.3, 0.4) is 0 Å². The molecule has 1 aliphatic carbocycles. The van der Waals surface area contributed by atoms with Crippen LogP contribution in [-0.4, -0.2) is 25.3 Å². The van der Waals surface area contributed by atoms with Crippen molar-refractivity contribution >= 4 is 0 Å². The summed E-state index contributed by atoms with van der Waals surface area (Å²) in [6, 6.07) is 0.632. The second-order valence-corrected chi connectivity index (χ2v) is 4.75. The van der Waals surface area contributed by atoms with E-state index < -0.39 is 0 Å². The van der Waals surface area contributed by atoms with Crippen LogP contribution in [0.25, 0.3) is 0 Å². The lowest BCUT2D eigenvalue weighted by atomic mass is 9.97. The summed E-state index contributed by atoms with van der Waals surface area (Å²) in [5.41, 5.74) is 0. The van der Waals surface area contributed by atoms with Crippen molar-refractivity contribution < 1.29 is 4.74 Å². The van der Waals surface area contributed by atoms with Gasteiger partial charge >= 0.3 is 0 Å². The van der Waals surface area contributed by atoms with Crippen molar-refractivity contribution in [3.05, 3.63) is 0 Å². The molecule has 0 spiro atoms. The van der Waals surface area contributed by atoms with Crippen LogP contribution in [0.5, 0.6) is 0 Å². The molecule has 0 aromatic carbocycles. The maximum atomic E-state index is 5.86. The number of ether oxygens (including phenoxy) is 1. The minimum atomic E-state index is 0.504. The molecule has 2 nitrogen and oxygen atoms in total. The molecule has 0 aromatic heterocycles. The van der Waals surface area contributed by atoms with Crippen molar-refractivity contribution in [1.29, 1.82) is 0 Å². The highest BCUT2D eigenvalue weighted by Gasteiger charge is 2.30. The maximum absolute atomic E-state index is 5.86. The van der Waals surface area contributed by atoms with Crippen LogP contribution in [0.1, 0.15) is 45.4 Å². The Balaban J connectivity index is 1.79. The molecule has 0 amide bonds. The summed E-state index contributed by atoms with van der Waals surface area (Å²) < 4.78 is 5.86. The monoisotopic (exact) mass is 197 g/mol. The van der Waals surface area contributed by atoms with E-state index >= 15 is 0 Å². The molecule has 1 saturated heterocycles. The molecule has 2 atom stereocenters. The van der Waals surface area contributed by atoms with E-state index in [9.17, 15) is 0 Å². The Morgan fingerprint density at radius 1 is 1.29 bits per heavy atom. The predicted octanol–water partition coefficient (Wildman–Crippen LogP) is 2.33. The van der Waals surface area contributed by atoms with Crippen LogP contribution in [0.2, 0.25) is 0 Å². The highest BCUT2D eigenvalue weighted by atomic mass is 16.5. The predicted molar refractivity (Wildman–Crippen MR) is 58.4 cm³/mol. The van der Waals surface area contributed by atoms with Gasteiger partial charge in [0.25, 0.3) is 0 Å². The molecule has 1 saturated carbocycles. The maximum Gasteiger partial charge on any atom is 0.0728 e. The first-order valence-corrected chi connectivity index (χ1v) is 6.25. The number of rotatable bonds is 5. The molecule has 2 heteroatoms. The molecule has 14 heavy (non-hydrogen) atoms. The van der Waals surface area contributed by atoms with Gasteiger partial charge in [0.15, 0.2) is 0 Å². The molecule has 1 heterocycles. The quantitative estimate of drug-likeness (QED) is 0.730. The standard InChI is InChI=1S/C12H23NO/c1-2-13-11(9-10-6-7-10)12-5-3-4-8-14-12/h10-13H,2-9H2,1H3. The summed E-state index contributed by atoms with van der Waals surface area (Å²) in [4.78, 5) is 0. The van der Waals surface area contributed by atoms with Crippen molar-refractivity contribution in [3.63, 3.8) is 0 Å². The zero-order valence-electron chi connectivity index (χ0n) is 9.30. The lowest BCUT2D eigenvalue weighted by Crippen LogP contribution is -2.43. The van der Waals surface area contributed by atoms with Crippen LogP contribution < -0.4 is 5.32 Å². The molecule has 0 bridgehead atoms. The third-order valence-electron chi connectivity index (χ3n) is 3.41. The summed E-state index contributed by atoms with van der Waals surface area (Å²) >= 11 is 0. The molecule has 1 N–H and O–H groups in total. The fourth-order valence-corrected chi connectivity index (χ4v) is 2.42. The van der Waals surface area contributed by atoms with E-state index in [1.54, 1.807) is 0 Å². The molecular weight excluding hydrogens is 174 g/mol. The third-order valence-corrected chi connectivity index (χ3v) is 3.41. The number of hydrogen-bond donors (Lipinski definition) is 1. The molecule has 1 aliphatic heterocycles. The van der Waals surface area contributed by atoms with Gasteiger partial charge in [0.05, 0.1) is 6.10 Å². The zero-order chi connectivity index (χ0) is 9.80. The van der Waals surface area contributed by atoms with E-state index in [1.807, 2.05) is 0 Å². The lowest BCUT2D eigenvalue weighted by molar-refractivity contribution is -0.0101. The Morgan fingerprint density at radius 2 is 2.14 bits per heavy atom. The number of hydrogen-bond acceptors (Lipinski definition) is 2. The number of nitrogens with one attached hydrogen (secondary N) is 1. The highest BCUT2D eigenvalue weighted by molar-refractivity contribution is 4.86. The van der Waals surface area contributed by atoms with Crippen LogP contribution >= 0.6 is 0 Å². The summed E-state index contributed by atoms with van der Waals surface area (Å²) in [6.45, 7) is 4.26. The molecule has 2 rings (SSSR count). The highest BCUT2D eigenvalue weighted by Crippen LogP contribution is 2.35. The molecule has 0 aromatic rings.